The summed E-state index contributed by atoms with van der Waals surface area (Å²) in [6, 6.07) is 14.3. The van der Waals surface area contributed by atoms with Gasteiger partial charge < -0.3 is 15.1 Å². The van der Waals surface area contributed by atoms with E-state index in [0.29, 0.717) is 23.7 Å². The number of amides is 2. The number of likely N-dealkylation sites (tertiary alicyclic amines) is 1. The van der Waals surface area contributed by atoms with E-state index in [9.17, 15) is 9.59 Å². The van der Waals surface area contributed by atoms with Gasteiger partial charge in [-0.3, -0.25) is 9.59 Å². The number of rotatable bonds is 5. The maximum absolute atomic E-state index is 13.0. The van der Waals surface area contributed by atoms with Gasteiger partial charge >= 0.3 is 0 Å². The Morgan fingerprint density at radius 2 is 2.03 bits per heavy atom. The Morgan fingerprint density at radius 1 is 1.24 bits per heavy atom. The van der Waals surface area contributed by atoms with Crippen molar-refractivity contribution in [3.8, 4) is 0 Å². The van der Waals surface area contributed by atoms with E-state index in [2.05, 4.69) is 20.3 Å². The van der Waals surface area contributed by atoms with Crippen LogP contribution in [0.25, 0.3) is 10.2 Å². The van der Waals surface area contributed by atoms with E-state index in [1.54, 1.807) is 35.4 Å². The number of hydrogen-bond acceptors (Lipinski definition) is 6. The van der Waals surface area contributed by atoms with Crippen molar-refractivity contribution in [3.05, 3.63) is 59.7 Å². The molecule has 29 heavy (non-hydrogen) atoms. The molecule has 148 valence electrons. The van der Waals surface area contributed by atoms with Crippen LogP contribution in [-0.4, -0.2) is 47.6 Å². The SMILES string of the molecule is CO/N=C/c1ccc(C(=O)N2CCCC2C(=O)Nc2nc3ccccc3s2)cc1. The molecule has 1 unspecified atom stereocenters. The van der Waals surface area contributed by atoms with Crippen molar-refractivity contribution in [3.63, 3.8) is 0 Å². The molecular weight excluding hydrogens is 388 g/mol. The maximum atomic E-state index is 13.0. The molecule has 1 N–H and O–H groups in total. The average molecular weight is 408 g/mol. The van der Waals surface area contributed by atoms with E-state index in [-0.39, 0.29) is 11.8 Å². The van der Waals surface area contributed by atoms with E-state index in [1.807, 2.05) is 24.3 Å². The van der Waals surface area contributed by atoms with E-state index in [0.717, 1.165) is 22.2 Å². The van der Waals surface area contributed by atoms with E-state index in [4.69, 9.17) is 0 Å². The first-order valence-electron chi connectivity index (χ1n) is 9.30. The second-order valence-electron chi connectivity index (χ2n) is 6.67. The lowest BCUT2D eigenvalue weighted by atomic mass is 10.1. The molecule has 8 heteroatoms. The number of hydrogen-bond donors (Lipinski definition) is 1. The lowest BCUT2D eigenvalue weighted by Gasteiger charge is -2.23. The molecule has 1 aliphatic heterocycles. The summed E-state index contributed by atoms with van der Waals surface area (Å²) in [6.07, 6.45) is 3.00. The number of fused-ring (bicyclic) bond motifs is 1. The van der Waals surface area contributed by atoms with Crippen LogP contribution in [0, 0.1) is 0 Å². The number of benzene rings is 2. The van der Waals surface area contributed by atoms with E-state index < -0.39 is 6.04 Å². The minimum atomic E-state index is -0.496. The molecule has 0 spiro atoms. The molecule has 0 saturated carbocycles. The summed E-state index contributed by atoms with van der Waals surface area (Å²) in [6.45, 7) is 0.559. The number of oxime groups is 1. The zero-order valence-electron chi connectivity index (χ0n) is 15.9. The predicted octanol–water partition coefficient (Wildman–Crippen LogP) is 3.52. The Bertz CT molecular complexity index is 1030. The summed E-state index contributed by atoms with van der Waals surface area (Å²) in [5, 5.41) is 7.14. The molecule has 0 radical (unpaired) electrons. The summed E-state index contributed by atoms with van der Waals surface area (Å²) >= 11 is 1.43. The van der Waals surface area contributed by atoms with Crippen molar-refractivity contribution < 1.29 is 14.4 Å². The van der Waals surface area contributed by atoms with Crippen LogP contribution in [0.5, 0.6) is 0 Å². The maximum Gasteiger partial charge on any atom is 0.254 e. The van der Waals surface area contributed by atoms with Gasteiger partial charge in [0.2, 0.25) is 5.91 Å². The second kappa shape index (κ2) is 8.40. The van der Waals surface area contributed by atoms with Gasteiger partial charge in [0.15, 0.2) is 5.13 Å². The lowest BCUT2D eigenvalue weighted by Crippen LogP contribution is -2.43. The smallest absolute Gasteiger partial charge is 0.254 e. The van der Waals surface area contributed by atoms with Crippen LogP contribution < -0.4 is 5.32 Å². The monoisotopic (exact) mass is 408 g/mol. The predicted molar refractivity (Wildman–Crippen MR) is 113 cm³/mol. The number of para-hydroxylation sites is 1. The van der Waals surface area contributed by atoms with Gasteiger partial charge in [-0.25, -0.2) is 4.98 Å². The van der Waals surface area contributed by atoms with Gasteiger partial charge in [-0.15, -0.1) is 0 Å². The minimum Gasteiger partial charge on any atom is -0.399 e. The lowest BCUT2D eigenvalue weighted by molar-refractivity contribution is -0.119. The molecule has 2 amide bonds. The topological polar surface area (TPSA) is 83.9 Å². The highest BCUT2D eigenvalue weighted by Gasteiger charge is 2.34. The number of nitrogens with zero attached hydrogens (tertiary/aromatic N) is 3. The molecule has 3 aromatic rings. The van der Waals surface area contributed by atoms with Crippen molar-refractivity contribution in [2.45, 2.75) is 18.9 Å². The molecule has 1 aliphatic rings. The van der Waals surface area contributed by atoms with Crippen LogP contribution in [0.1, 0.15) is 28.8 Å². The quantitative estimate of drug-likeness (QED) is 0.517. The van der Waals surface area contributed by atoms with Crippen LogP contribution in [0.4, 0.5) is 5.13 Å². The zero-order valence-corrected chi connectivity index (χ0v) is 16.7. The molecule has 4 rings (SSSR count). The Morgan fingerprint density at radius 3 is 2.79 bits per heavy atom. The first-order valence-corrected chi connectivity index (χ1v) is 10.1. The summed E-state index contributed by atoms with van der Waals surface area (Å²) in [5.74, 6) is -0.346. The number of anilines is 1. The highest BCUT2D eigenvalue weighted by Crippen LogP contribution is 2.27. The summed E-state index contributed by atoms with van der Waals surface area (Å²) in [4.78, 5) is 36.5. The summed E-state index contributed by atoms with van der Waals surface area (Å²) in [7, 11) is 1.47. The summed E-state index contributed by atoms with van der Waals surface area (Å²) < 4.78 is 1.01. The van der Waals surface area contributed by atoms with Crippen molar-refractivity contribution in [1.29, 1.82) is 0 Å². The van der Waals surface area contributed by atoms with Gasteiger partial charge in [-0.1, -0.05) is 40.8 Å². The minimum absolute atomic E-state index is 0.151. The van der Waals surface area contributed by atoms with Gasteiger partial charge in [0, 0.05) is 12.1 Å². The zero-order chi connectivity index (χ0) is 20.2. The molecule has 1 atom stereocenters. The molecule has 1 aromatic heterocycles. The van der Waals surface area contributed by atoms with Crippen molar-refractivity contribution in [1.82, 2.24) is 9.88 Å². The van der Waals surface area contributed by atoms with Gasteiger partial charge in [-0.05, 0) is 42.7 Å². The van der Waals surface area contributed by atoms with Crippen LogP contribution in [0.2, 0.25) is 0 Å². The molecule has 0 aliphatic carbocycles. The highest BCUT2D eigenvalue weighted by molar-refractivity contribution is 7.22. The number of thiazole rings is 1. The Hall–Kier alpha value is -3.26. The van der Waals surface area contributed by atoms with Crippen LogP contribution >= 0.6 is 11.3 Å². The molecule has 0 bridgehead atoms. The summed E-state index contributed by atoms with van der Waals surface area (Å²) in [5.41, 5.74) is 2.22. The van der Waals surface area contributed by atoms with Gasteiger partial charge in [0.05, 0.1) is 16.4 Å². The van der Waals surface area contributed by atoms with E-state index in [1.165, 1.54) is 18.4 Å². The van der Waals surface area contributed by atoms with Crippen molar-refractivity contribution >= 4 is 44.7 Å². The fraction of sp³-hybridized carbons (Fsp3) is 0.238. The van der Waals surface area contributed by atoms with Gasteiger partial charge in [0.25, 0.3) is 5.91 Å². The molecular formula is C21H20N4O3S. The van der Waals surface area contributed by atoms with E-state index >= 15 is 0 Å². The van der Waals surface area contributed by atoms with Crippen LogP contribution in [0.15, 0.2) is 53.7 Å². The standard InChI is InChI=1S/C21H20N4O3S/c1-28-22-13-14-8-10-15(11-9-14)20(27)25-12-4-6-17(25)19(26)24-21-23-16-5-2-3-7-18(16)29-21/h2-3,5,7-11,13,17H,4,6,12H2,1H3,(H,23,24,26)/b22-13+. The number of carbonyl (C=O) groups is 2. The third-order valence-corrected chi connectivity index (χ3v) is 5.76. The molecule has 1 saturated heterocycles. The fourth-order valence-electron chi connectivity index (χ4n) is 3.39. The number of carbonyl (C=O) groups excluding carboxylic acids is 2. The fourth-order valence-corrected chi connectivity index (χ4v) is 4.26. The second-order valence-corrected chi connectivity index (χ2v) is 7.70. The van der Waals surface area contributed by atoms with Gasteiger partial charge in [0.1, 0.15) is 13.2 Å². The van der Waals surface area contributed by atoms with Crippen molar-refractivity contribution in [2.24, 2.45) is 5.16 Å². The van der Waals surface area contributed by atoms with Crippen LogP contribution in [0.3, 0.4) is 0 Å². The Kier molecular flexibility index (Phi) is 5.53. The van der Waals surface area contributed by atoms with Gasteiger partial charge in [-0.2, -0.15) is 0 Å². The molecule has 2 aromatic carbocycles. The molecule has 2 heterocycles. The first kappa shape index (κ1) is 19.1. The normalized spacial score (nSPS) is 16.4. The Balaban J connectivity index is 1.46. The molecule has 1 fully saturated rings. The first-order chi connectivity index (χ1) is 14.2. The largest absolute Gasteiger partial charge is 0.399 e. The average Bonchev–Trinajstić information content (AvgIpc) is 3.38. The third-order valence-electron chi connectivity index (χ3n) is 4.81. The highest BCUT2D eigenvalue weighted by atomic mass is 32.1. The van der Waals surface area contributed by atoms with Crippen LogP contribution in [-0.2, 0) is 9.63 Å². The number of aromatic nitrogens is 1. The third kappa shape index (κ3) is 4.12. The van der Waals surface area contributed by atoms with Crippen molar-refractivity contribution in [2.75, 3.05) is 19.0 Å². The Labute approximate surface area is 172 Å². The molecule has 7 nitrogen and oxygen atoms in total. The number of nitrogens with one attached hydrogen (secondary N) is 1.